The van der Waals surface area contributed by atoms with Gasteiger partial charge >= 0.3 is 0 Å². The molecule has 2 N–H and O–H groups in total. The van der Waals surface area contributed by atoms with Crippen LogP contribution in [0.2, 0.25) is 0 Å². The smallest absolute Gasteiger partial charge is 0.240 e. The van der Waals surface area contributed by atoms with Gasteiger partial charge in [-0.15, -0.1) is 0 Å². The number of carbonyl (C=O) groups is 1. The van der Waals surface area contributed by atoms with Crippen molar-refractivity contribution < 1.29 is 32.2 Å². The summed E-state index contributed by atoms with van der Waals surface area (Å²) in [6, 6.07) is 9.79. The zero-order valence-corrected chi connectivity index (χ0v) is 19.3. The van der Waals surface area contributed by atoms with E-state index < -0.39 is 10.0 Å². The number of nitrogens with one attached hydrogen (secondary N) is 2. The summed E-state index contributed by atoms with van der Waals surface area (Å²) in [5, 5.41) is 2.89. The van der Waals surface area contributed by atoms with E-state index in [9.17, 15) is 13.2 Å². The highest BCUT2D eigenvalue weighted by molar-refractivity contribution is 7.89. The molecule has 0 saturated heterocycles. The van der Waals surface area contributed by atoms with E-state index in [0.29, 0.717) is 49.4 Å². The zero-order chi connectivity index (χ0) is 23.3. The first-order valence-electron chi connectivity index (χ1n) is 11.0. The molecule has 4 rings (SSSR count). The third-order valence-electron chi connectivity index (χ3n) is 5.32. The Bertz CT molecular complexity index is 1100. The average Bonchev–Trinajstić information content (AvgIpc) is 3.18. The van der Waals surface area contributed by atoms with Crippen LogP contribution in [0.3, 0.4) is 0 Å². The molecule has 10 heteroatoms. The summed E-state index contributed by atoms with van der Waals surface area (Å²) in [6.45, 7) is 4.01. The largest absolute Gasteiger partial charge is 0.490 e. The van der Waals surface area contributed by atoms with Gasteiger partial charge in [0.15, 0.2) is 23.0 Å². The third-order valence-corrected chi connectivity index (χ3v) is 6.78. The first-order chi connectivity index (χ1) is 15.9. The van der Waals surface area contributed by atoms with Gasteiger partial charge in [-0.05, 0) is 36.8 Å². The molecule has 2 aromatic rings. The number of rotatable bonds is 7. The van der Waals surface area contributed by atoms with Crippen LogP contribution in [0.15, 0.2) is 41.3 Å². The first-order valence-corrected chi connectivity index (χ1v) is 12.5. The molecule has 0 aromatic heterocycles. The molecule has 2 aliphatic rings. The van der Waals surface area contributed by atoms with E-state index in [4.69, 9.17) is 18.9 Å². The molecule has 0 spiro atoms. The van der Waals surface area contributed by atoms with Gasteiger partial charge in [0, 0.05) is 31.9 Å². The van der Waals surface area contributed by atoms with E-state index in [0.717, 1.165) is 18.4 Å². The highest BCUT2D eigenvalue weighted by atomic mass is 32.2. The highest BCUT2D eigenvalue weighted by Crippen LogP contribution is 2.33. The van der Waals surface area contributed by atoms with Crippen molar-refractivity contribution in [3.8, 4) is 23.0 Å². The van der Waals surface area contributed by atoms with Gasteiger partial charge in [0.1, 0.15) is 0 Å². The Hall–Kier alpha value is -2.98. The van der Waals surface area contributed by atoms with Crippen LogP contribution in [0, 0.1) is 0 Å². The van der Waals surface area contributed by atoms with Gasteiger partial charge in [0.05, 0.1) is 37.4 Å². The van der Waals surface area contributed by atoms with Crippen molar-refractivity contribution in [3.63, 3.8) is 0 Å². The van der Waals surface area contributed by atoms with Crippen molar-refractivity contribution in [2.45, 2.75) is 37.1 Å². The minimum Gasteiger partial charge on any atom is -0.490 e. The van der Waals surface area contributed by atoms with Crippen molar-refractivity contribution in [3.05, 3.63) is 42.0 Å². The molecule has 2 heterocycles. The maximum absolute atomic E-state index is 12.6. The maximum Gasteiger partial charge on any atom is 0.240 e. The summed E-state index contributed by atoms with van der Waals surface area (Å²) < 4.78 is 50.1. The van der Waals surface area contributed by atoms with Crippen LogP contribution in [0.25, 0.3) is 0 Å². The van der Waals surface area contributed by atoms with Gasteiger partial charge < -0.3 is 24.3 Å². The predicted octanol–water partition coefficient (Wildman–Crippen LogP) is 2.55. The van der Waals surface area contributed by atoms with Crippen LogP contribution >= 0.6 is 0 Å². The zero-order valence-electron chi connectivity index (χ0n) is 18.5. The number of hydrogen-bond donors (Lipinski definition) is 2. The lowest BCUT2D eigenvalue weighted by molar-refractivity contribution is -0.121. The minimum atomic E-state index is -3.79. The third kappa shape index (κ3) is 5.88. The van der Waals surface area contributed by atoms with Crippen LogP contribution in [0.5, 0.6) is 23.0 Å². The van der Waals surface area contributed by atoms with Gasteiger partial charge in [-0.2, -0.15) is 0 Å². The fourth-order valence-corrected chi connectivity index (χ4v) is 4.59. The van der Waals surface area contributed by atoms with E-state index >= 15 is 0 Å². The summed E-state index contributed by atoms with van der Waals surface area (Å²) >= 11 is 0. The number of hydrogen-bond acceptors (Lipinski definition) is 7. The standard InChI is InChI=1S/C23H28N2O7S/c1-16(17-4-6-19-21(14-17)31-12-2-10-29-19)25-23(26)8-9-24-33(27,28)18-5-7-20-22(15-18)32-13-3-11-30-20/h4-7,14-16,24H,2-3,8-13H2,1H3,(H,25,26). The molecule has 33 heavy (non-hydrogen) atoms. The molecule has 2 aliphatic heterocycles. The van der Waals surface area contributed by atoms with Crippen LogP contribution in [0.1, 0.15) is 37.8 Å². The highest BCUT2D eigenvalue weighted by Gasteiger charge is 2.20. The lowest BCUT2D eigenvalue weighted by Crippen LogP contribution is -2.32. The van der Waals surface area contributed by atoms with E-state index in [2.05, 4.69) is 10.0 Å². The summed E-state index contributed by atoms with van der Waals surface area (Å²) in [5.74, 6) is 2.01. The van der Waals surface area contributed by atoms with Gasteiger partial charge in [0.25, 0.3) is 0 Å². The van der Waals surface area contributed by atoms with Crippen molar-refractivity contribution in [2.24, 2.45) is 0 Å². The Morgan fingerprint density at radius 1 is 0.879 bits per heavy atom. The topological polar surface area (TPSA) is 112 Å². The van der Waals surface area contributed by atoms with Gasteiger partial charge in [-0.3, -0.25) is 4.79 Å². The summed E-state index contributed by atoms with van der Waals surface area (Å²) in [5.41, 5.74) is 0.875. The second-order valence-electron chi connectivity index (χ2n) is 7.85. The van der Waals surface area contributed by atoms with Crippen LogP contribution in [-0.2, 0) is 14.8 Å². The van der Waals surface area contributed by atoms with Crippen molar-refractivity contribution >= 4 is 15.9 Å². The molecule has 178 valence electrons. The monoisotopic (exact) mass is 476 g/mol. The molecule has 0 saturated carbocycles. The van der Waals surface area contributed by atoms with Crippen LogP contribution in [-0.4, -0.2) is 47.3 Å². The van der Waals surface area contributed by atoms with Crippen molar-refractivity contribution in [2.75, 3.05) is 33.0 Å². The fraction of sp³-hybridized carbons (Fsp3) is 0.435. The van der Waals surface area contributed by atoms with E-state index in [1.54, 1.807) is 6.07 Å². The Balaban J connectivity index is 1.30. The van der Waals surface area contributed by atoms with Crippen LogP contribution in [0.4, 0.5) is 0 Å². The summed E-state index contributed by atoms with van der Waals surface area (Å²) in [7, 11) is -3.79. The molecule has 9 nitrogen and oxygen atoms in total. The fourth-order valence-electron chi connectivity index (χ4n) is 3.54. The number of fused-ring (bicyclic) bond motifs is 2. The Kier molecular flexibility index (Phi) is 7.24. The van der Waals surface area contributed by atoms with E-state index in [1.165, 1.54) is 12.1 Å². The predicted molar refractivity (Wildman–Crippen MR) is 120 cm³/mol. The quantitative estimate of drug-likeness (QED) is 0.632. The second kappa shape index (κ2) is 10.3. The normalized spacial score (nSPS) is 16.3. The molecule has 0 aliphatic carbocycles. The molecule has 0 radical (unpaired) electrons. The second-order valence-corrected chi connectivity index (χ2v) is 9.62. The number of carbonyl (C=O) groups excluding carboxylic acids is 1. The van der Waals surface area contributed by atoms with Gasteiger partial charge in [0.2, 0.25) is 15.9 Å². The molecular formula is C23H28N2O7S. The maximum atomic E-state index is 12.6. The molecule has 1 amide bonds. The van der Waals surface area contributed by atoms with Crippen molar-refractivity contribution in [1.82, 2.24) is 10.0 Å². The van der Waals surface area contributed by atoms with Gasteiger partial charge in [-0.25, -0.2) is 13.1 Å². The molecule has 0 bridgehead atoms. The lowest BCUT2D eigenvalue weighted by Gasteiger charge is -2.17. The van der Waals surface area contributed by atoms with E-state index in [1.807, 2.05) is 25.1 Å². The number of sulfonamides is 1. The van der Waals surface area contributed by atoms with Crippen LogP contribution < -0.4 is 29.0 Å². The molecule has 1 atom stereocenters. The van der Waals surface area contributed by atoms with Gasteiger partial charge in [-0.1, -0.05) is 6.07 Å². The summed E-state index contributed by atoms with van der Waals surface area (Å²) in [6.07, 6.45) is 1.55. The lowest BCUT2D eigenvalue weighted by atomic mass is 10.1. The summed E-state index contributed by atoms with van der Waals surface area (Å²) in [4.78, 5) is 12.4. The first kappa shape index (κ1) is 23.2. The molecule has 2 aromatic carbocycles. The Morgan fingerprint density at radius 3 is 2.12 bits per heavy atom. The minimum absolute atomic E-state index is 0.00132. The van der Waals surface area contributed by atoms with Crippen molar-refractivity contribution in [1.29, 1.82) is 0 Å². The number of ether oxygens (including phenoxy) is 4. The number of benzene rings is 2. The SMILES string of the molecule is CC(NC(=O)CCNS(=O)(=O)c1ccc2c(c1)OCCCO2)c1ccc2c(c1)OCCCO2. The average molecular weight is 477 g/mol. The van der Waals surface area contributed by atoms with E-state index in [-0.39, 0.29) is 29.8 Å². The number of amides is 1. The molecular weight excluding hydrogens is 448 g/mol. The molecule has 0 fully saturated rings. The Labute approximate surface area is 193 Å². The molecule has 1 unspecified atom stereocenters. The Morgan fingerprint density at radius 2 is 1.45 bits per heavy atom.